The van der Waals surface area contributed by atoms with Crippen LogP contribution >= 0.6 is 0 Å². The zero-order valence-corrected chi connectivity index (χ0v) is 12.3. The Morgan fingerprint density at radius 3 is 2.58 bits per heavy atom. The van der Waals surface area contributed by atoms with Gasteiger partial charge in [0.15, 0.2) is 0 Å². The molecule has 1 atom stereocenters. The predicted molar refractivity (Wildman–Crippen MR) is 70.2 cm³/mol. The summed E-state index contributed by atoms with van der Waals surface area (Å²) in [5.74, 6) is -0.290. The van der Waals surface area contributed by atoms with Crippen LogP contribution in [0.3, 0.4) is 0 Å². The van der Waals surface area contributed by atoms with Gasteiger partial charge in [0, 0.05) is 33.9 Å². The van der Waals surface area contributed by atoms with Crippen LogP contribution in [0.4, 0.5) is 0 Å². The first-order valence-electron chi connectivity index (χ1n) is 5.64. The van der Waals surface area contributed by atoms with Crippen LogP contribution < -0.4 is 5.14 Å². The van der Waals surface area contributed by atoms with Crippen LogP contribution in [-0.4, -0.2) is 50.6 Å². The second-order valence-electron chi connectivity index (χ2n) is 4.45. The summed E-state index contributed by atoms with van der Waals surface area (Å²) in [6.45, 7) is 2.25. The Morgan fingerprint density at radius 2 is 2.16 bits per heavy atom. The molecule has 1 unspecified atom stereocenters. The van der Waals surface area contributed by atoms with Gasteiger partial charge >= 0.3 is 0 Å². The number of rotatable bonds is 5. The average molecular weight is 289 g/mol. The molecule has 7 nitrogen and oxygen atoms in total. The highest BCUT2D eigenvalue weighted by Gasteiger charge is 2.20. The molecule has 0 bridgehead atoms. The minimum Gasteiger partial charge on any atom is -0.380 e. The van der Waals surface area contributed by atoms with E-state index >= 15 is 0 Å². The van der Waals surface area contributed by atoms with Crippen molar-refractivity contribution in [3.05, 3.63) is 18.0 Å². The lowest BCUT2D eigenvalue weighted by atomic mass is 10.3. The molecule has 1 aromatic heterocycles. The van der Waals surface area contributed by atoms with Crippen molar-refractivity contribution in [3.8, 4) is 0 Å². The number of nitrogens with zero attached hydrogens (tertiary/aromatic N) is 2. The van der Waals surface area contributed by atoms with Gasteiger partial charge in [-0.15, -0.1) is 0 Å². The molecule has 0 aliphatic rings. The van der Waals surface area contributed by atoms with E-state index in [9.17, 15) is 13.2 Å². The number of nitrogens with two attached hydrogens (primary N) is 1. The molecule has 0 aliphatic heterocycles. The van der Waals surface area contributed by atoms with Gasteiger partial charge in [0.25, 0.3) is 5.91 Å². The SMILES string of the molecule is COC(C)CN(C)C(=O)c1cc(S(N)(=O)=O)cn1C. The van der Waals surface area contributed by atoms with Crippen molar-refractivity contribution >= 4 is 15.9 Å². The van der Waals surface area contributed by atoms with E-state index in [0.717, 1.165) is 0 Å². The zero-order valence-electron chi connectivity index (χ0n) is 11.5. The minimum absolute atomic E-state index is 0.0773. The van der Waals surface area contributed by atoms with Crippen molar-refractivity contribution in [1.82, 2.24) is 9.47 Å². The molecule has 0 saturated heterocycles. The third-order valence-electron chi connectivity index (χ3n) is 2.81. The predicted octanol–water partition coefficient (Wildman–Crippen LogP) is -0.221. The van der Waals surface area contributed by atoms with Gasteiger partial charge in [-0.05, 0) is 13.0 Å². The minimum atomic E-state index is -3.81. The Hall–Kier alpha value is -1.38. The number of primary sulfonamides is 1. The van der Waals surface area contributed by atoms with Crippen molar-refractivity contribution in [2.24, 2.45) is 12.2 Å². The molecule has 1 rings (SSSR count). The van der Waals surface area contributed by atoms with Gasteiger partial charge < -0.3 is 14.2 Å². The molecule has 1 aromatic rings. The van der Waals surface area contributed by atoms with Crippen molar-refractivity contribution in [2.75, 3.05) is 20.7 Å². The van der Waals surface area contributed by atoms with Gasteiger partial charge in [0.1, 0.15) is 10.6 Å². The summed E-state index contributed by atoms with van der Waals surface area (Å²) < 4.78 is 29.0. The molecule has 0 saturated carbocycles. The lowest BCUT2D eigenvalue weighted by molar-refractivity contribution is 0.0592. The first-order chi connectivity index (χ1) is 8.66. The summed E-state index contributed by atoms with van der Waals surface area (Å²) in [5, 5.41) is 5.03. The molecule has 2 N–H and O–H groups in total. The van der Waals surface area contributed by atoms with Gasteiger partial charge in [-0.1, -0.05) is 0 Å². The first kappa shape index (κ1) is 15.7. The second kappa shape index (κ2) is 5.72. The molecule has 0 spiro atoms. The number of aromatic nitrogens is 1. The van der Waals surface area contributed by atoms with E-state index in [1.807, 2.05) is 6.92 Å². The number of ether oxygens (including phenoxy) is 1. The highest BCUT2D eigenvalue weighted by atomic mass is 32.2. The van der Waals surface area contributed by atoms with Gasteiger partial charge in [-0.25, -0.2) is 13.6 Å². The van der Waals surface area contributed by atoms with Gasteiger partial charge in [-0.2, -0.15) is 0 Å². The summed E-state index contributed by atoms with van der Waals surface area (Å²) in [6.07, 6.45) is 1.21. The number of aryl methyl sites for hydroxylation is 1. The summed E-state index contributed by atoms with van der Waals surface area (Å²) in [7, 11) is 0.972. The van der Waals surface area contributed by atoms with Crippen molar-refractivity contribution < 1.29 is 17.9 Å². The largest absolute Gasteiger partial charge is 0.380 e. The van der Waals surface area contributed by atoms with Crippen LogP contribution in [0.2, 0.25) is 0 Å². The zero-order chi connectivity index (χ0) is 14.8. The normalized spacial score (nSPS) is 13.3. The quantitative estimate of drug-likeness (QED) is 0.810. The molecule has 0 radical (unpaired) electrons. The lowest BCUT2D eigenvalue weighted by Gasteiger charge is -2.20. The lowest BCUT2D eigenvalue weighted by Crippen LogP contribution is -2.34. The molecular formula is C11H19N3O4S. The molecule has 108 valence electrons. The Kier molecular flexibility index (Phi) is 4.72. The third kappa shape index (κ3) is 3.79. The van der Waals surface area contributed by atoms with Crippen LogP contribution in [0.5, 0.6) is 0 Å². The molecule has 0 aliphatic carbocycles. The van der Waals surface area contributed by atoms with E-state index in [4.69, 9.17) is 9.88 Å². The number of methoxy groups -OCH3 is 1. The van der Waals surface area contributed by atoms with E-state index in [1.54, 1.807) is 21.2 Å². The maximum Gasteiger partial charge on any atom is 0.270 e. The maximum absolute atomic E-state index is 12.2. The van der Waals surface area contributed by atoms with Crippen molar-refractivity contribution in [2.45, 2.75) is 17.9 Å². The molecule has 1 amide bonds. The van der Waals surface area contributed by atoms with Crippen molar-refractivity contribution in [1.29, 1.82) is 0 Å². The smallest absolute Gasteiger partial charge is 0.270 e. The maximum atomic E-state index is 12.2. The van der Waals surface area contributed by atoms with E-state index in [0.29, 0.717) is 6.54 Å². The van der Waals surface area contributed by atoms with E-state index < -0.39 is 10.0 Å². The van der Waals surface area contributed by atoms with Crippen LogP contribution in [0.15, 0.2) is 17.2 Å². The number of carbonyl (C=O) groups is 1. The molecule has 0 aromatic carbocycles. The molecule has 1 heterocycles. The van der Waals surface area contributed by atoms with Crippen LogP contribution in [0, 0.1) is 0 Å². The molecule has 19 heavy (non-hydrogen) atoms. The average Bonchev–Trinajstić information content (AvgIpc) is 2.69. The summed E-state index contributed by atoms with van der Waals surface area (Å²) in [6, 6.07) is 1.27. The fourth-order valence-electron chi connectivity index (χ4n) is 1.64. The molecular weight excluding hydrogens is 270 g/mol. The Bertz CT molecular complexity index is 564. The fraction of sp³-hybridized carbons (Fsp3) is 0.545. The standard InChI is InChI=1S/C11H19N3O4S/c1-8(18-4)6-14(3)11(15)10-5-9(7-13(10)2)19(12,16)17/h5,7-8H,6H2,1-4H3,(H2,12,16,17). The van der Waals surface area contributed by atoms with E-state index in [1.165, 1.54) is 21.7 Å². The van der Waals surface area contributed by atoms with Crippen LogP contribution in [0.25, 0.3) is 0 Å². The number of hydrogen-bond donors (Lipinski definition) is 1. The van der Waals surface area contributed by atoms with Crippen LogP contribution in [0.1, 0.15) is 17.4 Å². The first-order valence-corrected chi connectivity index (χ1v) is 7.19. The van der Waals surface area contributed by atoms with Gasteiger partial charge in [0.2, 0.25) is 10.0 Å². The van der Waals surface area contributed by atoms with E-state index in [2.05, 4.69) is 0 Å². The second-order valence-corrected chi connectivity index (χ2v) is 6.01. The number of carbonyl (C=O) groups excluding carboxylic acids is 1. The monoisotopic (exact) mass is 289 g/mol. The summed E-state index contributed by atoms with van der Waals surface area (Å²) in [5.41, 5.74) is 0.259. The number of hydrogen-bond acceptors (Lipinski definition) is 4. The topological polar surface area (TPSA) is 94.6 Å². The summed E-state index contributed by atoms with van der Waals surface area (Å²) >= 11 is 0. The number of sulfonamides is 1. The summed E-state index contributed by atoms with van der Waals surface area (Å²) in [4.78, 5) is 13.6. The van der Waals surface area contributed by atoms with Gasteiger partial charge in [0.05, 0.1) is 6.10 Å². The van der Waals surface area contributed by atoms with Crippen LogP contribution in [-0.2, 0) is 21.8 Å². The fourth-order valence-corrected chi connectivity index (χ4v) is 2.22. The Morgan fingerprint density at radius 1 is 1.58 bits per heavy atom. The number of amides is 1. The van der Waals surface area contributed by atoms with Gasteiger partial charge in [-0.3, -0.25) is 4.79 Å². The van der Waals surface area contributed by atoms with Crippen molar-refractivity contribution in [3.63, 3.8) is 0 Å². The highest BCUT2D eigenvalue weighted by molar-refractivity contribution is 7.89. The molecule has 0 fully saturated rings. The highest BCUT2D eigenvalue weighted by Crippen LogP contribution is 2.13. The Labute approximate surface area is 113 Å². The Balaban J connectivity index is 2.98. The number of likely N-dealkylation sites (N-methyl/N-ethyl adjacent to an activating group) is 1. The molecule has 8 heteroatoms. The van der Waals surface area contributed by atoms with E-state index in [-0.39, 0.29) is 22.6 Å². The third-order valence-corrected chi connectivity index (χ3v) is 3.69.